The van der Waals surface area contributed by atoms with Crippen molar-refractivity contribution in [3.8, 4) is 0 Å². The lowest BCUT2D eigenvalue weighted by Crippen LogP contribution is -2.66. The van der Waals surface area contributed by atoms with Crippen molar-refractivity contribution in [2.45, 2.75) is 102 Å². The van der Waals surface area contributed by atoms with E-state index in [0.29, 0.717) is 52.0 Å². The zero-order chi connectivity index (χ0) is 40.0. The van der Waals surface area contributed by atoms with E-state index in [9.17, 15) is 0 Å². The molecule has 4 aliphatic rings. The van der Waals surface area contributed by atoms with Crippen LogP contribution >= 0.6 is 0 Å². The van der Waals surface area contributed by atoms with E-state index in [4.69, 9.17) is 43.9 Å². The lowest BCUT2D eigenvalue weighted by atomic mass is 9.60. The summed E-state index contributed by atoms with van der Waals surface area (Å²) in [6.45, 7) is 22.7. The second kappa shape index (κ2) is 18.5. The maximum Gasteiger partial charge on any atom is 0.261 e. The van der Waals surface area contributed by atoms with Gasteiger partial charge in [0.05, 0.1) is 31.8 Å². The van der Waals surface area contributed by atoms with Gasteiger partial charge in [-0.05, 0) is 76.6 Å². The van der Waals surface area contributed by atoms with E-state index in [0.717, 1.165) is 37.4 Å². The maximum absolute atomic E-state index is 7.60. The molecule has 10 heteroatoms. The third kappa shape index (κ3) is 8.01. The molecule has 2 heterocycles. The fourth-order valence-corrected chi connectivity index (χ4v) is 18.1. The van der Waals surface area contributed by atoms with Crippen molar-refractivity contribution in [3.63, 3.8) is 0 Å². The first kappa shape index (κ1) is 43.6. The van der Waals surface area contributed by atoms with E-state index in [1.165, 1.54) is 21.5 Å². The molecule has 0 N–H and O–H groups in total. The fourth-order valence-electron chi connectivity index (χ4n) is 10.9. The standard InChI is InChI=1S/C46H70O8Si2/c1-10-55(11-2,12-3)53-33-40-35(4)32-45(25-28-52-56(44(5,6)7,37-19-15-13-16-20-37)38-21-17-14-18-22-38)41-31-36(23-26-49-34-50-30-29-47-8)39-24-27-51-46(41,42(39)40)54-43(45)48-9/h13-22,31,36,39-40,42-43H,4,10-12,23-30,32-34H2,1-3,5-9H3/t36-,39+,40-,42+,43+,45+,46+/m0/s1. The van der Waals surface area contributed by atoms with E-state index in [-0.39, 0.29) is 29.6 Å². The highest BCUT2D eigenvalue weighted by Crippen LogP contribution is 2.68. The van der Waals surface area contributed by atoms with Crippen LogP contribution in [-0.2, 0) is 37.3 Å². The molecule has 56 heavy (non-hydrogen) atoms. The van der Waals surface area contributed by atoms with Gasteiger partial charge in [0.15, 0.2) is 20.4 Å². The summed E-state index contributed by atoms with van der Waals surface area (Å²) >= 11 is 0. The van der Waals surface area contributed by atoms with Crippen molar-refractivity contribution in [3.05, 3.63) is 84.5 Å². The molecule has 310 valence electrons. The van der Waals surface area contributed by atoms with Crippen LogP contribution in [0, 0.1) is 29.1 Å². The fraction of sp³-hybridized carbons (Fsp3) is 0.652. The van der Waals surface area contributed by atoms with Gasteiger partial charge in [-0.1, -0.05) is 120 Å². The van der Waals surface area contributed by atoms with Crippen LogP contribution < -0.4 is 10.4 Å². The quantitative estimate of drug-likeness (QED) is 0.0539. The lowest BCUT2D eigenvalue weighted by Gasteiger charge is -2.53. The number of hydrogen-bond acceptors (Lipinski definition) is 8. The van der Waals surface area contributed by atoms with Crippen LogP contribution in [0.2, 0.25) is 23.2 Å². The Hall–Kier alpha value is -1.97. The first-order valence-electron chi connectivity index (χ1n) is 21.3. The molecule has 0 radical (unpaired) electrons. The minimum absolute atomic E-state index is 0.0589. The first-order valence-corrected chi connectivity index (χ1v) is 25.7. The molecule has 7 atom stereocenters. The summed E-state index contributed by atoms with van der Waals surface area (Å²) < 4.78 is 52.4. The number of ether oxygens (including phenoxy) is 6. The summed E-state index contributed by atoms with van der Waals surface area (Å²) in [6.07, 6.45) is 5.30. The summed E-state index contributed by atoms with van der Waals surface area (Å²) in [5.41, 5.74) is 1.92. The Labute approximate surface area is 339 Å². The molecule has 8 nitrogen and oxygen atoms in total. The second-order valence-corrected chi connectivity index (χ2v) is 26.6. The molecule has 5 bridgehead atoms. The predicted octanol–water partition coefficient (Wildman–Crippen LogP) is 8.47. The Morgan fingerprint density at radius 1 is 0.839 bits per heavy atom. The van der Waals surface area contributed by atoms with Crippen molar-refractivity contribution in [2.75, 3.05) is 60.7 Å². The number of rotatable bonds is 21. The van der Waals surface area contributed by atoms with Crippen molar-refractivity contribution >= 4 is 27.0 Å². The van der Waals surface area contributed by atoms with Gasteiger partial charge in [0.2, 0.25) is 0 Å². The van der Waals surface area contributed by atoms with E-state index >= 15 is 0 Å². The van der Waals surface area contributed by atoms with E-state index in [2.05, 4.69) is 108 Å². The molecule has 2 aliphatic carbocycles. The average molecular weight is 807 g/mol. The summed E-state index contributed by atoms with van der Waals surface area (Å²) in [4.78, 5) is 0. The Bertz CT molecular complexity index is 1550. The number of benzene rings is 2. The molecule has 3 fully saturated rings. The van der Waals surface area contributed by atoms with Crippen molar-refractivity contribution in [1.82, 2.24) is 0 Å². The lowest BCUT2D eigenvalue weighted by molar-refractivity contribution is -0.322. The Morgan fingerprint density at radius 2 is 1.48 bits per heavy atom. The van der Waals surface area contributed by atoms with Crippen LogP contribution in [-0.4, -0.2) is 89.4 Å². The average Bonchev–Trinajstić information content (AvgIpc) is 3.42. The van der Waals surface area contributed by atoms with Crippen LogP contribution in [0.15, 0.2) is 84.5 Å². The molecule has 2 aromatic rings. The maximum atomic E-state index is 7.60. The van der Waals surface area contributed by atoms with Gasteiger partial charge in [-0.3, -0.25) is 0 Å². The number of methoxy groups -OCH3 is 2. The van der Waals surface area contributed by atoms with Crippen LogP contribution in [0.3, 0.4) is 0 Å². The van der Waals surface area contributed by atoms with Gasteiger partial charge in [0, 0.05) is 39.3 Å². The summed E-state index contributed by atoms with van der Waals surface area (Å²) in [5, 5.41) is 2.41. The smallest absolute Gasteiger partial charge is 0.261 e. The number of hydrogen-bond donors (Lipinski definition) is 0. The van der Waals surface area contributed by atoms with Gasteiger partial charge in [0.1, 0.15) is 6.79 Å². The van der Waals surface area contributed by atoms with Gasteiger partial charge >= 0.3 is 0 Å². The van der Waals surface area contributed by atoms with Gasteiger partial charge < -0.3 is 37.3 Å². The highest BCUT2D eigenvalue weighted by atomic mass is 28.4. The topological polar surface area (TPSA) is 73.8 Å². The normalized spacial score (nSPS) is 29.0. The third-order valence-electron chi connectivity index (χ3n) is 13.9. The molecule has 1 spiro atoms. The van der Waals surface area contributed by atoms with E-state index in [1.807, 2.05) is 0 Å². The summed E-state index contributed by atoms with van der Waals surface area (Å²) in [7, 11) is -1.22. The molecular formula is C46H70O8Si2. The van der Waals surface area contributed by atoms with E-state index < -0.39 is 34.1 Å². The second-order valence-electron chi connectivity index (χ2n) is 17.6. The van der Waals surface area contributed by atoms with Gasteiger partial charge in [0.25, 0.3) is 8.32 Å². The van der Waals surface area contributed by atoms with Crippen molar-refractivity contribution in [1.29, 1.82) is 0 Å². The minimum Gasteiger partial charge on any atom is -0.416 e. The van der Waals surface area contributed by atoms with Crippen LogP contribution in [0.5, 0.6) is 0 Å². The molecule has 0 aromatic heterocycles. The highest BCUT2D eigenvalue weighted by molar-refractivity contribution is 6.99. The zero-order valence-corrected chi connectivity index (χ0v) is 37.6. The monoisotopic (exact) mass is 806 g/mol. The molecule has 1 saturated carbocycles. The molecule has 2 saturated heterocycles. The van der Waals surface area contributed by atoms with Crippen LogP contribution in [0.1, 0.15) is 67.2 Å². The molecule has 0 amide bonds. The van der Waals surface area contributed by atoms with Gasteiger partial charge in [-0.25, -0.2) is 0 Å². The van der Waals surface area contributed by atoms with E-state index in [1.54, 1.807) is 14.2 Å². The van der Waals surface area contributed by atoms with Crippen LogP contribution in [0.25, 0.3) is 0 Å². The SMILES string of the molecule is C=C1C[C@]2(CCO[Si](c3ccccc3)(c3ccccc3)C(C)(C)C)C3=C[C@H](CCOCOCCOC)[C@H]4CCO[C@]3(O[C@H]2OC)[C@H]4[C@H]1CO[Si](CC)(CC)CC. The van der Waals surface area contributed by atoms with Crippen molar-refractivity contribution < 1.29 is 37.3 Å². The van der Waals surface area contributed by atoms with Gasteiger partial charge in [-0.15, -0.1) is 0 Å². The largest absolute Gasteiger partial charge is 0.416 e. The zero-order valence-electron chi connectivity index (χ0n) is 35.6. The summed E-state index contributed by atoms with van der Waals surface area (Å²) in [5.74, 6) is -0.135. The van der Waals surface area contributed by atoms with Gasteiger partial charge in [-0.2, -0.15) is 0 Å². The Kier molecular flexibility index (Phi) is 14.4. The molecular weight excluding hydrogens is 737 g/mol. The third-order valence-corrected chi connectivity index (χ3v) is 23.6. The molecule has 6 rings (SSSR count). The summed E-state index contributed by atoms with van der Waals surface area (Å²) in [6, 6.07) is 25.2. The number of allylic oxidation sites excluding steroid dienone is 1. The molecule has 2 aromatic carbocycles. The Morgan fingerprint density at radius 3 is 2.07 bits per heavy atom. The highest BCUT2D eigenvalue weighted by Gasteiger charge is 2.71. The first-order chi connectivity index (χ1) is 27.0. The minimum atomic E-state index is -2.80. The van der Waals surface area contributed by atoms with Crippen LogP contribution in [0.4, 0.5) is 0 Å². The predicted molar refractivity (Wildman–Crippen MR) is 228 cm³/mol. The molecule has 2 aliphatic heterocycles. The molecule has 0 unspecified atom stereocenters. The van der Waals surface area contributed by atoms with Crippen molar-refractivity contribution in [2.24, 2.45) is 29.1 Å². The Balaban J connectivity index is 1.39.